The molecule has 3 N–H and O–H groups in total. The van der Waals surface area contributed by atoms with Crippen LogP contribution in [0.5, 0.6) is 0 Å². The molecule has 0 aliphatic heterocycles. The van der Waals surface area contributed by atoms with Gasteiger partial charge in [-0.1, -0.05) is 109 Å². The van der Waals surface area contributed by atoms with Gasteiger partial charge in [-0.25, -0.2) is 4.39 Å². The second kappa shape index (κ2) is 11.9. The first kappa shape index (κ1) is 26.6. The molecular formula is C36H31FN2O2. The normalized spacial score (nSPS) is 15.9. The number of aliphatic hydroxyl groups excluding tert-OH is 1. The second-order valence-corrected chi connectivity index (χ2v) is 10.4. The lowest BCUT2D eigenvalue weighted by Gasteiger charge is -2.19. The highest BCUT2D eigenvalue weighted by Crippen LogP contribution is 2.33. The molecular weight excluding hydrogens is 511 g/mol. The summed E-state index contributed by atoms with van der Waals surface area (Å²) in [5, 5.41) is 17.2. The maximum Gasteiger partial charge on any atom is 0.254 e. The Labute approximate surface area is 239 Å². The molecule has 5 aromatic carbocycles. The predicted octanol–water partition coefficient (Wildman–Crippen LogP) is 6.84. The number of rotatable bonds is 8. The molecule has 0 spiro atoms. The van der Waals surface area contributed by atoms with E-state index in [9.17, 15) is 9.90 Å². The van der Waals surface area contributed by atoms with E-state index in [2.05, 4.69) is 41.0 Å². The van der Waals surface area contributed by atoms with Gasteiger partial charge in [0.1, 0.15) is 5.82 Å². The Morgan fingerprint density at radius 2 is 1.46 bits per heavy atom. The van der Waals surface area contributed by atoms with Crippen LogP contribution in [0, 0.1) is 5.82 Å². The molecule has 0 fully saturated rings. The van der Waals surface area contributed by atoms with Crippen LogP contribution >= 0.6 is 0 Å². The second-order valence-electron chi connectivity index (χ2n) is 10.4. The fraction of sp³-hybridized carbons (Fsp3) is 0.139. The van der Waals surface area contributed by atoms with Crippen molar-refractivity contribution in [2.45, 2.75) is 31.7 Å². The number of carbonyl (C=O) groups is 1. The average Bonchev–Trinajstić information content (AvgIpc) is 3.32. The van der Waals surface area contributed by atoms with Gasteiger partial charge in [0.2, 0.25) is 0 Å². The number of nitrogens with one attached hydrogen (secondary N) is 2. The molecule has 0 radical (unpaired) electrons. The van der Waals surface area contributed by atoms with E-state index < -0.39 is 23.9 Å². The minimum atomic E-state index is -0.776. The summed E-state index contributed by atoms with van der Waals surface area (Å²) in [7, 11) is 0. The predicted molar refractivity (Wildman–Crippen MR) is 161 cm³/mol. The van der Waals surface area contributed by atoms with E-state index in [0.29, 0.717) is 25.1 Å². The first-order valence-corrected chi connectivity index (χ1v) is 13.9. The molecule has 1 amide bonds. The van der Waals surface area contributed by atoms with Gasteiger partial charge in [0, 0.05) is 19.5 Å². The third kappa shape index (κ3) is 5.82. The third-order valence-electron chi connectivity index (χ3n) is 7.71. The van der Waals surface area contributed by atoms with Crippen molar-refractivity contribution in [1.82, 2.24) is 10.6 Å². The molecule has 1 aliphatic rings. The Kier molecular flexibility index (Phi) is 7.72. The summed E-state index contributed by atoms with van der Waals surface area (Å²) in [6.07, 6.45) is -0.338. The zero-order valence-electron chi connectivity index (χ0n) is 22.6. The lowest BCUT2D eigenvalue weighted by Crippen LogP contribution is -2.34. The van der Waals surface area contributed by atoms with Crippen LogP contribution in [0.2, 0.25) is 0 Å². The van der Waals surface area contributed by atoms with Crippen LogP contribution in [0.3, 0.4) is 0 Å². The van der Waals surface area contributed by atoms with Crippen LogP contribution in [0.15, 0.2) is 121 Å². The van der Waals surface area contributed by atoms with E-state index in [0.717, 1.165) is 22.3 Å². The van der Waals surface area contributed by atoms with Crippen molar-refractivity contribution in [1.29, 1.82) is 0 Å². The van der Waals surface area contributed by atoms with Crippen LogP contribution in [-0.4, -0.2) is 17.1 Å². The Bertz CT molecular complexity index is 1670. The summed E-state index contributed by atoms with van der Waals surface area (Å²) in [6.45, 7) is 1.33. The van der Waals surface area contributed by atoms with E-state index in [4.69, 9.17) is 0 Å². The van der Waals surface area contributed by atoms with E-state index >= 15 is 4.39 Å². The summed E-state index contributed by atoms with van der Waals surface area (Å²) in [6, 6.07) is 38.3. The number of aliphatic hydroxyl groups is 1. The highest BCUT2D eigenvalue weighted by atomic mass is 19.1. The summed E-state index contributed by atoms with van der Waals surface area (Å²) >= 11 is 0. The Morgan fingerprint density at radius 3 is 2.22 bits per heavy atom. The molecule has 0 saturated carbocycles. The Morgan fingerprint density at radius 1 is 0.756 bits per heavy atom. The van der Waals surface area contributed by atoms with Gasteiger partial charge in [0.05, 0.1) is 17.7 Å². The lowest BCUT2D eigenvalue weighted by atomic mass is 9.99. The summed E-state index contributed by atoms with van der Waals surface area (Å²) in [5.41, 5.74) is 8.04. The molecule has 204 valence electrons. The van der Waals surface area contributed by atoms with Crippen LogP contribution in [0.1, 0.15) is 38.7 Å². The SMILES string of the molecule is O=C(N[C@@H]1c2cc(CNCc3ccccc3-c3ccccc3)ccc2C[C@H]1O)c1ccc(-c2ccccc2)cc1F. The van der Waals surface area contributed by atoms with E-state index in [1.807, 2.05) is 72.8 Å². The number of halogens is 1. The molecule has 5 heteroatoms. The first-order valence-electron chi connectivity index (χ1n) is 13.9. The topological polar surface area (TPSA) is 61.4 Å². The number of carbonyl (C=O) groups excluding carboxylic acids is 1. The zero-order chi connectivity index (χ0) is 28.2. The summed E-state index contributed by atoms with van der Waals surface area (Å²) in [5.74, 6) is -1.13. The molecule has 4 nitrogen and oxygen atoms in total. The summed E-state index contributed by atoms with van der Waals surface area (Å²) in [4.78, 5) is 13.1. The first-order chi connectivity index (χ1) is 20.1. The lowest BCUT2D eigenvalue weighted by molar-refractivity contribution is 0.0854. The number of hydrogen-bond acceptors (Lipinski definition) is 3. The van der Waals surface area contributed by atoms with Gasteiger partial charge in [0.15, 0.2) is 0 Å². The molecule has 0 unspecified atom stereocenters. The van der Waals surface area contributed by atoms with Gasteiger partial charge >= 0.3 is 0 Å². The fourth-order valence-corrected chi connectivity index (χ4v) is 5.60. The highest BCUT2D eigenvalue weighted by Gasteiger charge is 2.33. The van der Waals surface area contributed by atoms with Gasteiger partial charge in [0.25, 0.3) is 5.91 Å². The van der Waals surface area contributed by atoms with E-state index in [-0.39, 0.29) is 5.56 Å². The van der Waals surface area contributed by atoms with Crippen molar-refractivity contribution in [3.8, 4) is 22.3 Å². The van der Waals surface area contributed by atoms with Gasteiger partial charge in [-0.3, -0.25) is 4.79 Å². The summed E-state index contributed by atoms with van der Waals surface area (Å²) < 4.78 is 15.0. The molecule has 0 saturated heterocycles. The zero-order valence-corrected chi connectivity index (χ0v) is 22.6. The Balaban J connectivity index is 1.14. The highest BCUT2D eigenvalue weighted by molar-refractivity contribution is 5.95. The van der Waals surface area contributed by atoms with Crippen molar-refractivity contribution in [3.63, 3.8) is 0 Å². The van der Waals surface area contributed by atoms with Crippen LogP contribution in [0.25, 0.3) is 22.3 Å². The molecule has 0 bridgehead atoms. The largest absolute Gasteiger partial charge is 0.390 e. The Hall–Kier alpha value is -4.58. The van der Waals surface area contributed by atoms with Crippen LogP contribution in [-0.2, 0) is 19.5 Å². The van der Waals surface area contributed by atoms with Gasteiger partial charge in [-0.05, 0) is 56.6 Å². The molecule has 0 aromatic heterocycles. The monoisotopic (exact) mass is 542 g/mol. The van der Waals surface area contributed by atoms with Gasteiger partial charge < -0.3 is 15.7 Å². The number of fused-ring (bicyclic) bond motifs is 1. The van der Waals surface area contributed by atoms with Crippen molar-refractivity contribution in [3.05, 3.63) is 155 Å². The minimum absolute atomic E-state index is 0.0415. The van der Waals surface area contributed by atoms with Crippen molar-refractivity contribution in [2.75, 3.05) is 0 Å². The average molecular weight is 543 g/mol. The number of hydrogen-bond donors (Lipinski definition) is 3. The smallest absolute Gasteiger partial charge is 0.254 e. The van der Waals surface area contributed by atoms with Crippen molar-refractivity contribution in [2.24, 2.45) is 0 Å². The van der Waals surface area contributed by atoms with Crippen molar-refractivity contribution >= 4 is 5.91 Å². The van der Waals surface area contributed by atoms with Crippen molar-refractivity contribution < 1.29 is 14.3 Å². The molecule has 41 heavy (non-hydrogen) atoms. The minimum Gasteiger partial charge on any atom is -0.390 e. The van der Waals surface area contributed by atoms with Crippen LogP contribution < -0.4 is 10.6 Å². The third-order valence-corrected chi connectivity index (χ3v) is 7.71. The van der Waals surface area contributed by atoms with E-state index in [1.165, 1.54) is 28.8 Å². The van der Waals surface area contributed by atoms with Gasteiger partial charge in [-0.15, -0.1) is 0 Å². The molecule has 0 heterocycles. The molecule has 6 rings (SSSR count). The molecule has 2 atom stereocenters. The number of amides is 1. The fourth-order valence-electron chi connectivity index (χ4n) is 5.60. The van der Waals surface area contributed by atoms with Crippen LogP contribution in [0.4, 0.5) is 4.39 Å². The standard InChI is InChI=1S/C36H31FN2O2/c37-33-20-27(25-9-3-1-4-10-25)17-18-31(33)36(41)39-35-32-19-24(15-16-28(32)21-34(35)40)22-38-23-29-13-7-8-14-30(29)26-11-5-2-6-12-26/h1-20,34-35,38,40H,21-23H2,(H,39,41)/t34-,35-/m1/s1. The molecule has 1 aliphatic carbocycles. The quantitative estimate of drug-likeness (QED) is 0.201. The van der Waals surface area contributed by atoms with Gasteiger partial charge in [-0.2, -0.15) is 0 Å². The maximum absolute atomic E-state index is 15.0. The molecule has 5 aromatic rings. The number of benzene rings is 5. The maximum atomic E-state index is 15.0. The van der Waals surface area contributed by atoms with E-state index in [1.54, 1.807) is 6.07 Å².